The number of ether oxygens (including phenoxy) is 2. The van der Waals surface area contributed by atoms with E-state index in [1.807, 2.05) is 47.6 Å². The summed E-state index contributed by atoms with van der Waals surface area (Å²) in [7, 11) is 0. The number of benzene rings is 1. The third-order valence-electron chi connectivity index (χ3n) is 6.67. The lowest BCUT2D eigenvalue weighted by Gasteiger charge is -2.34. The predicted molar refractivity (Wildman–Crippen MR) is 137 cm³/mol. The maximum Gasteiger partial charge on any atom is 0.323 e. The van der Waals surface area contributed by atoms with Crippen LogP contribution in [0.15, 0.2) is 12.1 Å². The van der Waals surface area contributed by atoms with Gasteiger partial charge in [0.1, 0.15) is 36.2 Å². The molecule has 4 rings (SSSR count). The maximum atomic E-state index is 13.6. The highest BCUT2D eigenvalue weighted by atomic mass is 16.5. The van der Waals surface area contributed by atoms with Crippen molar-refractivity contribution < 1.29 is 24.2 Å². The Bertz CT molecular complexity index is 1250. The molecule has 0 radical (unpaired) electrons. The van der Waals surface area contributed by atoms with Gasteiger partial charge >= 0.3 is 5.97 Å². The van der Waals surface area contributed by atoms with E-state index in [2.05, 4.69) is 4.98 Å². The largest absolute Gasteiger partial charge is 0.492 e. The molecule has 0 saturated heterocycles. The van der Waals surface area contributed by atoms with Crippen LogP contribution in [0.5, 0.6) is 11.5 Å². The first-order valence-electron chi connectivity index (χ1n) is 12.2. The summed E-state index contributed by atoms with van der Waals surface area (Å²) in [4.78, 5) is 33.1. The third-order valence-corrected chi connectivity index (χ3v) is 6.67. The van der Waals surface area contributed by atoms with Gasteiger partial charge in [0.15, 0.2) is 5.78 Å². The Labute approximate surface area is 211 Å². The van der Waals surface area contributed by atoms with Crippen molar-refractivity contribution >= 4 is 23.3 Å². The van der Waals surface area contributed by atoms with Crippen molar-refractivity contribution in [2.24, 2.45) is 0 Å². The number of aryl methyl sites for hydroxylation is 1. The van der Waals surface area contributed by atoms with Gasteiger partial charge in [0.2, 0.25) is 0 Å². The van der Waals surface area contributed by atoms with Gasteiger partial charge in [-0.2, -0.15) is 0 Å². The zero-order valence-corrected chi connectivity index (χ0v) is 21.8. The minimum Gasteiger partial charge on any atom is -0.492 e. The number of rotatable bonds is 7. The number of carboxylic acids is 1. The van der Waals surface area contributed by atoms with Crippen LogP contribution in [0.3, 0.4) is 0 Å². The lowest BCUT2D eigenvalue weighted by molar-refractivity contribution is -0.135. The number of pyridine rings is 1. The molecule has 9 nitrogen and oxygen atoms in total. The van der Waals surface area contributed by atoms with E-state index in [4.69, 9.17) is 14.9 Å². The molecule has 2 aliphatic heterocycles. The first kappa shape index (κ1) is 25.5. The van der Waals surface area contributed by atoms with E-state index in [-0.39, 0.29) is 30.1 Å². The van der Waals surface area contributed by atoms with Gasteiger partial charge in [-0.3, -0.25) is 15.0 Å². The number of hydrogen-bond acceptors (Lipinski definition) is 7. The van der Waals surface area contributed by atoms with Crippen LogP contribution >= 0.6 is 0 Å². The summed E-state index contributed by atoms with van der Waals surface area (Å²) in [5, 5.41) is 18.1. The van der Waals surface area contributed by atoms with Crippen LogP contribution < -0.4 is 14.4 Å². The number of Topliss-reactive ketones (excluding diaryl/α,β-unsaturated/α-hetero) is 1. The number of carbonyl (C=O) groups excluding carboxylic acids is 1. The van der Waals surface area contributed by atoms with Crippen LogP contribution in [0.1, 0.15) is 66.1 Å². The number of hydrogen-bond donors (Lipinski definition) is 2. The molecule has 0 amide bonds. The van der Waals surface area contributed by atoms with Gasteiger partial charge in [-0.1, -0.05) is 20.8 Å². The minimum absolute atomic E-state index is 0.0137. The Hall–Kier alpha value is -3.62. The highest BCUT2D eigenvalue weighted by molar-refractivity contribution is 6.05. The molecule has 2 N–H and O–H groups in total. The van der Waals surface area contributed by atoms with Gasteiger partial charge in [0.25, 0.3) is 0 Å². The Balaban J connectivity index is 1.67. The van der Waals surface area contributed by atoms with Crippen LogP contribution in [0.2, 0.25) is 0 Å². The molecule has 36 heavy (non-hydrogen) atoms. The topological polar surface area (TPSA) is 116 Å². The van der Waals surface area contributed by atoms with Gasteiger partial charge in [0, 0.05) is 28.8 Å². The smallest absolute Gasteiger partial charge is 0.323 e. The molecule has 3 heterocycles. The molecule has 1 aromatic heterocycles. The Morgan fingerprint density at radius 3 is 2.56 bits per heavy atom. The summed E-state index contributed by atoms with van der Waals surface area (Å²) in [6.45, 7) is 13.5. The molecule has 0 bridgehead atoms. The second kappa shape index (κ2) is 9.44. The van der Waals surface area contributed by atoms with Crippen LogP contribution in [0, 0.1) is 19.3 Å². The van der Waals surface area contributed by atoms with Crippen LogP contribution in [0.4, 0.5) is 5.69 Å². The second-order valence-corrected chi connectivity index (χ2v) is 10.3. The number of nitrogens with one attached hydrogen (secondary N) is 1. The number of aromatic nitrogens is 1. The molecule has 2 aromatic rings. The number of amidine groups is 1. The average molecular weight is 495 g/mol. The number of carbonyl (C=O) groups is 2. The molecule has 1 aromatic carbocycles. The number of fused-ring (bicyclic) bond motifs is 2. The minimum atomic E-state index is -0.940. The Kier molecular flexibility index (Phi) is 6.68. The summed E-state index contributed by atoms with van der Waals surface area (Å²) in [6.07, 6.45) is 0. The lowest BCUT2D eigenvalue weighted by Crippen LogP contribution is -2.38. The zero-order chi connectivity index (χ0) is 26.4. The summed E-state index contributed by atoms with van der Waals surface area (Å²) in [5.41, 5.74) is 4.79. The number of carboxylic acid groups (broad SMARTS) is 1. The first-order chi connectivity index (χ1) is 16.9. The van der Waals surface area contributed by atoms with Gasteiger partial charge in [-0.05, 0) is 38.3 Å². The van der Waals surface area contributed by atoms with E-state index in [1.165, 1.54) is 0 Å². The monoisotopic (exact) mass is 494 g/mol. The molecule has 0 unspecified atom stereocenters. The highest BCUT2D eigenvalue weighted by Gasteiger charge is 2.33. The average Bonchev–Trinajstić information content (AvgIpc) is 3.10. The van der Waals surface area contributed by atoms with Crippen LogP contribution in [-0.2, 0) is 16.8 Å². The Morgan fingerprint density at radius 2 is 1.92 bits per heavy atom. The van der Waals surface area contributed by atoms with E-state index in [0.717, 1.165) is 28.1 Å². The van der Waals surface area contributed by atoms with Crippen molar-refractivity contribution in [3.05, 3.63) is 45.8 Å². The van der Waals surface area contributed by atoms with Gasteiger partial charge in [-0.15, -0.1) is 0 Å². The number of anilines is 1. The summed E-state index contributed by atoms with van der Waals surface area (Å²) < 4.78 is 11.7. The molecule has 0 fully saturated rings. The van der Waals surface area contributed by atoms with E-state index in [1.54, 1.807) is 15.9 Å². The fraction of sp³-hybridized carbons (Fsp3) is 0.481. The fourth-order valence-electron chi connectivity index (χ4n) is 4.86. The van der Waals surface area contributed by atoms with Gasteiger partial charge in [0.05, 0.1) is 31.1 Å². The third kappa shape index (κ3) is 4.62. The van der Waals surface area contributed by atoms with Crippen LogP contribution in [0.25, 0.3) is 0 Å². The van der Waals surface area contributed by atoms with Crippen molar-refractivity contribution in [3.8, 4) is 11.5 Å². The van der Waals surface area contributed by atoms with E-state index in [0.29, 0.717) is 49.0 Å². The van der Waals surface area contributed by atoms with Crippen molar-refractivity contribution in [3.63, 3.8) is 0 Å². The predicted octanol–water partition coefficient (Wildman–Crippen LogP) is 3.70. The number of aliphatic carboxylic acids is 1. The molecular formula is C27H34N4O5. The van der Waals surface area contributed by atoms with E-state index >= 15 is 0 Å². The van der Waals surface area contributed by atoms with Gasteiger partial charge in [-0.25, -0.2) is 4.98 Å². The number of ketones is 1. The molecule has 0 saturated carbocycles. The second-order valence-electron chi connectivity index (χ2n) is 10.3. The lowest BCUT2D eigenvalue weighted by atomic mass is 9.84. The molecule has 0 spiro atoms. The highest BCUT2D eigenvalue weighted by Crippen LogP contribution is 2.42. The van der Waals surface area contributed by atoms with E-state index < -0.39 is 5.97 Å². The summed E-state index contributed by atoms with van der Waals surface area (Å²) in [6, 6.07) is 3.57. The van der Waals surface area contributed by atoms with E-state index in [9.17, 15) is 14.7 Å². The van der Waals surface area contributed by atoms with Crippen molar-refractivity contribution in [2.75, 3.05) is 37.7 Å². The van der Waals surface area contributed by atoms with Crippen molar-refractivity contribution in [1.82, 2.24) is 9.88 Å². The quantitative estimate of drug-likeness (QED) is 0.560. The summed E-state index contributed by atoms with van der Waals surface area (Å²) >= 11 is 0. The molecular weight excluding hydrogens is 460 g/mol. The molecule has 9 heteroatoms. The molecule has 0 atom stereocenters. The van der Waals surface area contributed by atoms with Crippen molar-refractivity contribution in [2.45, 2.75) is 53.5 Å². The summed E-state index contributed by atoms with van der Waals surface area (Å²) in [5.74, 6) is 0.496. The Morgan fingerprint density at radius 1 is 1.19 bits per heavy atom. The van der Waals surface area contributed by atoms with Crippen LogP contribution in [-0.4, -0.2) is 65.4 Å². The zero-order valence-electron chi connectivity index (χ0n) is 21.8. The number of nitrogens with zero attached hydrogens (tertiary/aromatic N) is 3. The van der Waals surface area contributed by atoms with Gasteiger partial charge < -0.3 is 24.4 Å². The maximum absolute atomic E-state index is 13.6. The first-order valence-corrected chi connectivity index (χ1v) is 12.2. The van der Waals surface area contributed by atoms with Crippen molar-refractivity contribution in [1.29, 1.82) is 5.41 Å². The molecule has 0 aliphatic carbocycles. The SMILES string of the molecule is CCOc1c(C)nc2c(c1C)CN(CC(=O)c1cc3c(c(C(C)(C)C)c1)OCCN3CC(=O)O)C2=N. The normalized spacial score (nSPS) is 14.9. The molecule has 2 aliphatic rings. The standard InChI is InChI=1S/C27H34N4O5/c1-7-35-24-15(2)18-12-31(26(28)23(18)29-16(24)3)13-21(32)17-10-19(27(4,5)6)25-20(11-17)30(8-9-36-25)14-22(33)34/h10-11,28H,7-9,12-14H2,1-6H3,(H,33,34). The fourth-order valence-corrected chi connectivity index (χ4v) is 4.86. The molecule has 192 valence electrons.